The number of anilines is 2. The lowest BCUT2D eigenvalue weighted by Crippen LogP contribution is -2.24. The summed E-state index contributed by atoms with van der Waals surface area (Å²) >= 11 is 1.16. The van der Waals surface area contributed by atoms with E-state index in [0.717, 1.165) is 11.3 Å². The van der Waals surface area contributed by atoms with E-state index in [4.69, 9.17) is 0 Å². The highest BCUT2D eigenvalue weighted by Gasteiger charge is 2.21. The minimum atomic E-state index is -0.540. The van der Waals surface area contributed by atoms with Crippen LogP contribution in [0.15, 0.2) is 59.0 Å². The maximum absolute atomic E-state index is 14.2. The molecule has 2 heterocycles. The molecule has 1 amide bonds. The van der Waals surface area contributed by atoms with Crippen molar-refractivity contribution in [2.24, 2.45) is 0 Å². The van der Waals surface area contributed by atoms with Gasteiger partial charge in [0.1, 0.15) is 11.6 Å². The lowest BCUT2D eigenvalue weighted by Gasteiger charge is -2.18. The van der Waals surface area contributed by atoms with Crippen LogP contribution < -0.4 is 10.5 Å². The second-order valence-electron chi connectivity index (χ2n) is 6.27. The number of fused-ring (bicyclic) bond motifs is 1. The summed E-state index contributed by atoms with van der Waals surface area (Å²) in [7, 11) is 0. The van der Waals surface area contributed by atoms with Crippen molar-refractivity contribution in [2.75, 3.05) is 4.90 Å². The lowest BCUT2D eigenvalue weighted by molar-refractivity contribution is -0.115. The summed E-state index contributed by atoms with van der Waals surface area (Å²) in [5.74, 6) is -1.40. The van der Waals surface area contributed by atoms with Gasteiger partial charge in [0.05, 0.1) is 35.2 Å². The first-order valence-corrected chi connectivity index (χ1v) is 9.46. The summed E-state index contributed by atoms with van der Waals surface area (Å²) in [5, 5.41) is 2.27. The summed E-state index contributed by atoms with van der Waals surface area (Å²) in [6.07, 6.45) is 1.32. The van der Waals surface area contributed by atoms with Gasteiger partial charge in [-0.1, -0.05) is 12.1 Å². The number of aromatic nitrogens is 3. The van der Waals surface area contributed by atoms with Crippen molar-refractivity contribution in [2.45, 2.75) is 13.5 Å². The highest BCUT2D eigenvalue weighted by molar-refractivity contribution is 7.14. The highest BCUT2D eigenvalue weighted by atomic mass is 32.1. The fourth-order valence-corrected chi connectivity index (χ4v) is 3.80. The molecule has 0 aliphatic carbocycles. The van der Waals surface area contributed by atoms with Crippen molar-refractivity contribution >= 4 is 39.0 Å². The van der Waals surface area contributed by atoms with E-state index in [-0.39, 0.29) is 29.2 Å². The molecule has 6 nitrogen and oxygen atoms in total. The molecule has 0 radical (unpaired) electrons. The molecule has 2 aromatic carbocycles. The monoisotopic (exact) mass is 412 g/mol. The van der Waals surface area contributed by atoms with Crippen molar-refractivity contribution in [3.05, 3.63) is 81.9 Å². The van der Waals surface area contributed by atoms with E-state index in [0.29, 0.717) is 16.2 Å². The zero-order valence-electron chi connectivity index (χ0n) is 15.2. The molecule has 0 aliphatic heterocycles. The van der Waals surface area contributed by atoms with Gasteiger partial charge in [-0.15, -0.1) is 11.3 Å². The number of para-hydroxylation sites is 1. The van der Waals surface area contributed by atoms with Gasteiger partial charge in [-0.2, -0.15) is 0 Å². The van der Waals surface area contributed by atoms with Crippen LogP contribution in [0.5, 0.6) is 0 Å². The Morgan fingerprint density at radius 1 is 1.21 bits per heavy atom. The Morgan fingerprint density at radius 3 is 2.76 bits per heavy atom. The van der Waals surface area contributed by atoms with Crippen LogP contribution in [-0.4, -0.2) is 20.4 Å². The summed E-state index contributed by atoms with van der Waals surface area (Å²) in [4.78, 5) is 34.4. The third kappa shape index (κ3) is 3.64. The smallest absolute Gasteiger partial charge is 0.261 e. The normalized spacial score (nSPS) is 11.0. The average molecular weight is 412 g/mol. The Bertz CT molecular complexity index is 1280. The molecule has 0 fully saturated rings. The Morgan fingerprint density at radius 2 is 2.00 bits per heavy atom. The average Bonchev–Trinajstić information content (AvgIpc) is 3.13. The van der Waals surface area contributed by atoms with Crippen LogP contribution in [0, 0.1) is 11.6 Å². The van der Waals surface area contributed by atoms with E-state index in [9.17, 15) is 18.4 Å². The van der Waals surface area contributed by atoms with Gasteiger partial charge >= 0.3 is 0 Å². The Kier molecular flexibility index (Phi) is 4.89. The van der Waals surface area contributed by atoms with Crippen molar-refractivity contribution in [1.29, 1.82) is 0 Å². The third-order valence-electron chi connectivity index (χ3n) is 4.26. The first-order chi connectivity index (χ1) is 13.9. The van der Waals surface area contributed by atoms with Gasteiger partial charge in [0, 0.05) is 18.4 Å². The van der Waals surface area contributed by atoms with Gasteiger partial charge in [-0.3, -0.25) is 19.1 Å². The van der Waals surface area contributed by atoms with Gasteiger partial charge in [-0.05, 0) is 24.3 Å². The number of thiazole rings is 1. The lowest BCUT2D eigenvalue weighted by atomic mass is 10.2. The van der Waals surface area contributed by atoms with E-state index in [1.165, 1.54) is 59.1 Å². The SMILES string of the molecule is CC(=O)N(c1nc(Cn2cnc3cc(F)ccc3c2=O)cs1)c1ccccc1F. The molecule has 146 valence electrons. The third-order valence-corrected chi connectivity index (χ3v) is 5.13. The molecule has 0 atom stereocenters. The van der Waals surface area contributed by atoms with E-state index in [1.54, 1.807) is 11.4 Å². The second-order valence-corrected chi connectivity index (χ2v) is 7.10. The van der Waals surface area contributed by atoms with Gasteiger partial charge < -0.3 is 0 Å². The van der Waals surface area contributed by atoms with Crippen LogP contribution in [0.25, 0.3) is 10.9 Å². The molecule has 0 saturated carbocycles. The van der Waals surface area contributed by atoms with Crippen molar-refractivity contribution < 1.29 is 13.6 Å². The van der Waals surface area contributed by atoms with Crippen LogP contribution in [-0.2, 0) is 11.3 Å². The van der Waals surface area contributed by atoms with E-state index < -0.39 is 11.6 Å². The maximum atomic E-state index is 14.2. The molecule has 4 aromatic rings. The molecule has 0 saturated heterocycles. The number of hydrogen-bond acceptors (Lipinski definition) is 5. The number of hydrogen-bond donors (Lipinski definition) is 0. The standard InChI is InChI=1S/C20H14F2N4O2S/c1-12(27)26(18-5-3-2-4-16(18)22)20-24-14(10-29-20)9-25-11-23-17-8-13(21)6-7-15(17)19(25)28/h2-8,10-11H,9H2,1H3. The summed E-state index contributed by atoms with van der Waals surface area (Å²) < 4.78 is 28.8. The first kappa shape index (κ1) is 18.9. The van der Waals surface area contributed by atoms with Gasteiger partial charge in [0.25, 0.3) is 5.56 Å². The fraction of sp³-hybridized carbons (Fsp3) is 0.100. The number of amides is 1. The summed E-state index contributed by atoms with van der Waals surface area (Å²) in [6, 6.07) is 9.72. The second kappa shape index (κ2) is 7.51. The summed E-state index contributed by atoms with van der Waals surface area (Å²) in [5.41, 5.74) is 0.556. The number of carbonyl (C=O) groups is 1. The van der Waals surface area contributed by atoms with E-state index in [1.807, 2.05) is 0 Å². The van der Waals surface area contributed by atoms with Crippen LogP contribution in [0.3, 0.4) is 0 Å². The molecule has 9 heteroatoms. The molecule has 29 heavy (non-hydrogen) atoms. The van der Waals surface area contributed by atoms with E-state index in [2.05, 4.69) is 9.97 Å². The van der Waals surface area contributed by atoms with E-state index >= 15 is 0 Å². The Labute approximate surface area is 167 Å². The molecule has 0 spiro atoms. The number of nitrogens with zero attached hydrogens (tertiary/aromatic N) is 4. The van der Waals surface area contributed by atoms with Crippen LogP contribution in [0.1, 0.15) is 12.6 Å². The predicted octanol–water partition coefficient (Wildman–Crippen LogP) is 3.86. The molecular weight excluding hydrogens is 398 g/mol. The largest absolute Gasteiger partial charge is 0.293 e. The molecule has 4 rings (SSSR count). The zero-order chi connectivity index (χ0) is 20.5. The van der Waals surface area contributed by atoms with Gasteiger partial charge in [-0.25, -0.2) is 18.7 Å². The van der Waals surface area contributed by atoms with Gasteiger partial charge in [0.2, 0.25) is 5.91 Å². The predicted molar refractivity (Wildman–Crippen MR) is 106 cm³/mol. The van der Waals surface area contributed by atoms with Crippen LogP contribution in [0.4, 0.5) is 19.6 Å². The van der Waals surface area contributed by atoms with Gasteiger partial charge in [0.15, 0.2) is 5.13 Å². The number of rotatable bonds is 4. The minimum Gasteiger partial charge on any atom is -0.293 e. The first-order valence-electron chi connectivity index (χ1n) is 8.58. The van der Waals surface area contributed by atoms with Crippen molar-refractivity contribution in [3.8, 4) is 0 Å². The molecule has 0 bridgehead atoms. The van der Waals surface area contributed by atoms with Crippen LogP contribution in [0.2, 0.25) is 0 Å². The van der Waals surface area contributed by atoms with Crippen molar-refractivity contribution in [1.82, 2.24) is 14.5 Å². The molecule has 0 aliphatic rings. The topological polar surface area (TPSA) is 68.1 Å². The zero-order valence-corrected chi connectivity index (χ0v) is 16.0. The Hall–Kier alpha value is -3.46. The minimum absolute atomic E-state index is 0.104. The molecule has 2 aromatic heterocycles. The fourth-order valence-electron chi connectivity index (χ4n) is 2.93. The molecule has 0 unspecified atom stereocenters. The highest BCUT2D eigenvalue weighted by Crippen LogP contribution is 2.30. The Balaban J connectivity index is 1.67. The number of benzene rings is 2. The quantitative estimate of drug-likeness (QED) is 0.510. The summed E-state index contributed by atoms with van der Waals surface area (Å²) in [6.45, 7) is 1.43. The number of carbonyl (C=O) groups excluding carboxylic acids is 1. The van der Waals surface area contributed by atoms with Crippen LogP contribution >= 0.6 is 11.3 Å². The van der Waals surface area contributed by atoms with Crippen molar-refractivity contribution in [3.63, 3.8) is 0 Å². The molecular formula is C20H14F2N4O2S. The molecule has 0 N–H and O–H groups in total. The number of halogens is 2. The maximum Gasteiger partial charge on any atom is 0.261 e.